The van der Waals surface area contributed by atoms with Crippen LogP contribution in [0.4, 0.5) is 5.69 Å². The van der Waals surface area contributed by atoms with Gasteiger partial charge >= 0.3 is 0 Å². The van der Waals surface area contributed by atoms with Gasteiger partial charge in [-0.2, -0.15) is 0 Å². The first kappa shape index (κ1) is 22.6. The molecule has 0 radical (unpaired) electrons. The summed E-state index contributed by atoms with van der Waals surface area (Å²) in [5.41, 5.74) is 1.00. The van der Waals surface area contributed by atoms with Crippen molar-refractivity contribution in [2.75, 3.05) is 11.3 Å². The Labute approximate surface area is 203 Å². The van der Waals surface area contributed by atoms with Crippen molar-refractivity contribution in [2.24, 2.45) is 0 Å². The zero-order chi connectivity index (χ0) is 24.6. The van der Waals surface area contributed by atoms with E-state index in [4.69, 9.17) is 4.74 Å². The minimum Gasteiger partial charge on any atom is -0.507 e. The van der Waals surface area contributed by atoms with Gasteiger partial charge in [-0.05, 0) is 42.0 Å². The molecule has 6 nitrogen and oxygen atoms in total. The molecule has 0 atom stereocenters. The van der Waals surface area contributed by atoms with Crippen molar-refractivity contribution in [3.05, 3.63) is 91.0 Å². The number of nitrogens with one attached hydrogen (secondary N) is 1. The molecular formula is C28H23NO5S. The Kier molecular flexibility index (Phi) is 5.70. The van der Waals surface area contributed by atoms with Crippen LogP contribution < -0.4 is 9.46 Å². The fourth-order valence-electron chi connectivity index (χ4n) is 4.32. The summed E-state index contributed by atoms with van der Waals surface area (Å²) in [6, 6.07) is 25.8. The van der Waals surface area contributed by atoms with Crippen molar-refractivity contribution < 1.29 is 23.4 Å². The number of aromatic hydroxyl groups is 2. The van der Waals surface area contributed by atoms with Crippen LogP contribution >= 0.6 is 0 Å². The van der Waals surface area contributed by atoms with Crippen molar-refractivity contribution in [1.82, 2.24) is 0 Å². The Morgan fingerprint density at radius 2 is 1.46 bits per heavy atom. The molecule has 35 heavy (non-hydrogen) atoms. The summed E-state index contributed by atoms with van der Waals surface area (Å²) in [5, 5.41) is 24.6. The van der Waals surface area contributed by atoms with E-state index in [1.807, 2.05) is 24.3 Å². The van der Waals surface area contributed by atoms with E-state index in [-0.39, 0.29) is 27.8 Å². The molecule has 7 heteroatoms. The van der Waals surface area contributed by atoms with Crippen molar-refractivity contribution in [1.29, 1.82) is 0 Å². The average Bonchev–Trinajstić information content (AvgIpc) is 2.86. The van der Waals surface area contributed by atoms with Gasteiger partial charge in [-0.15, -0.1) is 0 Å². The molecule has 0 spiro atoms. The lowest BCUT2D eigenvalue weighted by molar-refractivity contribution is 0.331. The van der Waals surface area contributed by atoms with Crippen LogP contribution in [0.1, 0.15) is 6.92 Å². The molecule has 0 saturated heterocycles. The molecular weight excluding hydrogens is 462 g/mol. The number of phenolic OH excluding ortho intramolecular Hbond substituents is 2. The van der Waals surface area contributed by atoms with Crippen LogP contribution in [0.3, 0.4) is 0 Å². The molecule has 0 aliphatic rings. The second-order valence-corrected chi connectivity index (χ2v) is 9.68. The molecule has 0 aliphatic heterocycles. The number of fused-ring (bicyclic) bond motifs is 2. The van der Waals surface area contributed by atoms with Gasteiger partial charge in [-0.1, -0.05) is 66.7 Å². The van der Waals surface area contributed by atoms with E-state index < -0.39 is 10.0 Å². The summed E-state index contributed by atoms with van der Waals surface area (Å²) in [7, 11) is -4.04. The van der Waals surface area contributed by atoms with Gasteiger partial charge in [0, 0.05) is 21.9 Å². The fraction of sp³-hybridized carbons (Fsp3) is 0.0714. The first-order valence-electron chi connectivity index (χ1n) is 11.1. The average molecular weight is 486 g/mol. The summed E-state index contributed by atoms with van der Waals surface area (Å²) < 4.78 is 35.1. The summed E-state index contributed by atoms with van der Waals surface area (Å²) in [6.45, 7) is 2.10. The molecule has 0 aliphatic carbocycles. The van der Waals surface area contributed by atoms with E-state index in [0.717, 1.165) is 10.8 Å². The van der Waals surface area contributed by atoms with E-state index in [0.29, 0.717) is 28.5 Å². The largest absolute Gasteiger partial charge is 0.507 e. The van der Waals surface area contributed by atoms with Crippen LogP contribution in [0.15, 0.2) is 95.9 Å². The van der Waals surface area contributed by atoms with E-state index >= 15 is 0 Å². The monoisotopic (exact) mass is 485 g/mol. The molecule has 5 aromatic rings. The van der Waals surface area contributed by atoms with E-state index in [2.05, 4.69) is 4.72 Å². The molecule has 0 fully saturated rings. The third-order valence-corrected chi connectivity index (χ3v) is 7.28. The third-order valence-electron chi connectivity index (χ3n) is 5.88. The zero-order valence-electron chi connectivity index (χ0n) is 18.9. The molecule has 176 valence electrons. The maximum absolute atomic E-state index is 13.4. The van der Waals surface area contributed by atoms with E-state index in [1.165, 1.54) is 6.07 Å². The Bertz CT molecular complexity index is 1680. The van der Waals surface area contributed by atoms with Crippen LogP contribution in [-0.2, 0) is 10.0 Å². The second-order valence-electron chi connectivity index (χ2n) is 8.03. The number of benzene rings is 5. The molecule has 0 amide bonds. The van der Waals surface area contributed by atoms with E-state index in [1.54, 1.807) is 67.6 Å². The molecule has 5 aromatic carbocycles. The molecule has 5 rings (SSSR count). The standard InChI is InChI=1S/C28H23NO5S/c1-2-34-25-13-7-8-14-26(25)35(32,33)29-23-17-22(28(31)21-12-6-5-11-20(21)23)27-19-10-4-3-9-18(19)15-16-24(27)30/h3-17,29-31H,2H2,1H3. The van der Waals surface area contributed by atoms with Crippen LogP contribution in [0.25, 0.3) is 32.7 Å². The van der Waals surface area contributed by atoms with Crippen LogP contribution in [0.5, 0.6) is 17.2 Å². The van der Waals surface area contributed by atoms with Gasteiger partial charge in [0.1, 0.15) is 22.1 Å². The van der Waals surface area contributed by atoms with Gasteiger partial charge in [0.25, 0.3) is 10.0 Å². The molecule has 3 N–H and O–H groups in total. The highest BCUT2D eigenvalue weighted by atomic mass is 32.2. The lowest BCUT2D eigenvalue weighted by atomic mass is 9.93. The van der Waals surface area contributed by atoms with Crippen molar-refractivity contribution >= 4 is 37.3 Å². The maximum atomic E-state index is 13.4. The lowest BCUT2D eigenvalue weighted by Crippen LogP contribution is -2.15. The highest BCUT2D eigenvalue weighted by Crippen LogP contribution is 2.46. The predicted molar refractivity (Wildman–Crippen MR) is 139 cm³/mol. The third kappa shape index (κ3) is 4.00. The van der Waals surface area contributed by atoms with Gasteiger partial charge in [0.05, 0.1) is 12.3 Å². The molecule has 0 saturated carbocycles. The Balaban J connectivity index is 1.75. The Morgan fingerprint density at radius 1 is 0.800 bits per heavy atom. The highest BCUT2D eigenvalue weighted by Gasteiger charge is 2.23. The summed E-state index contributed by atoms with van der Waals surface area (Å²) in [5.74, 6) is 0.173. The SMILES string of the molecule is CCOc1ccccc1S(=O)(=O)Nc1cc(-c2c(O)ccc3ccccc23)c(O)c2ccccc12. The highest BCUT2D eigenvalue weighted by molar-refractivity contribution is 7.92. The number of hydrogen-bond acceptors (Lipinski definition) is 5. The molecule has 0 heterocycles. The van der Waals surface area contributed by atoms with Gasteiger partial charge in [-0.25, -0.2) is 8.42 Å². The van der Waals surface area contributed by atoms with E-state index in [9.17, 15) is 18.6 Å². The van der Waals surface area contributed by atoms with Crippen LogP contribution in [0, 0.1) is 0 Å². The summed E-state index contributed by atoms with van der Waals surface area (Å²) in [6.07, 6.45) is 0. The van der Waals surface area contributed by atoms with Gasteiger partial charge in [-0.3, -0.25) is 4.72 Å². The Hall–Kier alpha value is -4.23. The van der Waals surface area contributed by atoms with Crippen molar-refractivity contribution in [3.8, 4) is 28.4 Å². The topological polar surface area (TPSA) is 95.9 Å². The maximum Gasteiger partial charge on any atom is 0.265 e. The molecule has 0 unspecified atom stereocenters. The minimum atomic E-state index is -4.04. The number of sulfonamides is 1. The number of phenols is 2. The van der Waals surface area contributed by atoms with Crippen LogP contribution in [0.2, 0.25) is 0 Å². The quantitative estimate of drug-likeness (QED) is 0.246. The fourth-order valence-corrected chi connectivity index (χ4v) is 5.54. The first-order valence-corrected chi connectivity index (χ1v) is 12.6. The Morgan fingerprint density at radius 3 is 2.23 bits per heavy atom. The number of anilines is 1. The van der Waals surface area contributed by atoms with Gasteiger partial charge in [0.15, 0.2) is 0 Å². The molecule has 0 bridgehead atoms. The predicted octanol–water partition coefficient (Wildman–Crippen LogP) is 6.27. The van der Waals surface area contributed by atoms with Crippen LogP contribution in [-0.4, -0.2) is 25.2 Å². The smallest absolute Gasteiger partial charge is 0.265 e. The van der Waals surface area contributed by atoms with Crippen molar-refractivity contribution in [3.63, 3.8) is 0 Å². The molecule has 0 aromatic heterocycles. The lowest BCUT2D eigenvalue weighted by Gasteiger charge is -2.18. The number of para-hydroxylation sites is 1. The number of hydrogen-bond donors (Lipinski definition) is 3. The first-order chi connectivity index (χ1) is 16.9. The summed E-state index contributed by atoms with van der Waals surface area (Å²) >= 11 is 0. The van der Waals surface area contributed by atoms with Gasteiger partial charge in [0.2, 0.25) is 0 Å². The zero-order valence-corrected chi connectivity index (χ0v) is 19.7. The number of ether oxygens (including phenoxy) is 1. The van der Waals surface area contributed by atoms with Gasteiger partial charge < -0.3 is 14.9 Å². The second kappa shape index (κ2) is 8.85. The van der Waals surface area contributed by atoms with Crippen molar-refractivity contribution in [2.45, 2.75) is 11.8 Å². The number of rotatable bonds is 6. The minimum absolute atomic E-state index is 0.00793. The summed E-state index contributed by atoms with van der Waals surface area (Å²) in [4.78, 5) is 0.00793. The normalized spacial score (nSPS) is 11.6.